The highest BCUT2D eigenvalue weighted by Crippen LogP contribution is 1.99. The Balaban J connectivity index is 3.49. The van der Waals surface area contributed by atoms with Crippen LogP contribution in [0.25, 0.3) is 0 Å². The lowest BCUT2D eigenvalue weighted by molar-refractivity contribution is -0.130. The summed E-state index contributed by atoms with van der Waals surface area (Å²) in [7, 11) is -3.64. The fourth-order valence-electron chi connectivity index (χ4n) is 0.566. The molecule has 0 saturated heterocycles. The zero-order valence-corrected chi connectivity index (χ0v) is 6.73. The minimum atomic E-state index is -3.64. The normalized spacial score (nSPS) is 11.8. The molecule has 0 spiro atoms. The summed E-state index contributed by atoms with van der Waals surface area (Å²) in [6, 6.07) is 0. The summed E-state index contributed by atoms with van der Waals surface area (Å²) in [4.78, 5) is 0. The third-order valence-electron chi connectivity index (χ3n) is 1.11. The molecule has 62 valence electrons. The Hall–Kier alpha value is -0.130. The maximum atomic E-state index is 10.4. The van der Waals surface area contributed by atoms with Gasteiger partial charge in [-0.05, 0) is 6.42 Å². The summed E-state index contributed by atoms with van der Waals surface area (Å²) in [5.41, 5.74) is 0. The molecule has 0 aromatic rings. The van der Waals surface area contributed by atoms with E-state index in [4.69, 9.17) is 5.26 Å². The molecule has 0 aromatic carbocycles. The van der Waals surface area contributed by atoms with Crippen LogP contribution in [0.3, 0.4) is 0 Å². The van der Waals surface area contributed by atoms with Gasteiger partial charge in [0.25, 0.3) is 10.1 Å². The van der Waals surface area contributed by atoms with E-state index in [1.54, 1.807) is 0 Å². The van der Waals surface area contributed by atoms with Gasteiger partial charge in [-0.1, -0.05) is 19.8 Å². The molecule has 0 unspecified atom stereocenters. The van der Waals surface area contributed by atoms with E-state index in [1.807, 2.05) is 6.92 Å². The molecule has 0 amide bonds. The van der Waals surface area contributed by atoms with Gasteiger partial charge in [-0.2, -0.15) is 8.42 Å². The highest BCUT2D eigenvalue weighted by molar-refractivity contribution is 7.86. The molecule has 0 rings (SSSR count). The molecule has 0 fully saturated rings. The molecule has 0 bridgehead atoms. The van der Waals surface area contributed by atoms with Gasteiger partial charge >= 0.3 is 0 Å². The van der Waals surface area contributed by atoms with Crippen LogP contribution in [0, 0.1) is 0 Å². The lowest BCUT2D eigenvalue weighted by atomic mass is 10.3. The van der Waals surface area contributed by atoms with Gasteiger partial charge in [-0.3, -0.25) is 0 Å². The van der Waals surface area contributed by atoms with Crippen molar-refractivity contribution in [3.63, 3.8) is 0 Å². The summed E-state index contributed by atoms with van der Waals surface area (Å²) in [6.45, 7) is 1.96. The van der Waals surface area contributed by atoms with Crippen LogP contribution in [0.2, 0.25) is 0 Å². The van der Waals surface area contributed by atoms with Crippen molar-refractivity contribution in [2.24, 2.45) is 0 Å². The Labute approximate surface area is 60.9 Å². The minimum Gasteiger partial charge on any atom is -0.235 e. The van der Waals surface area contributed by atoms with Gasteiger partial charge in [-0.25, -0.2) is 5.26 Å². The van der Waals surface area contributed by atoms with E-state index < -0.39 is 10.1 Å². The molecule has 0 atom stereocenters. The van der Waals surface area contributed by atoms with E-state index in [2.05, 4.69) is 4.33 Å². The average molecular weight is 168 g/mol. The average Bonchev–Trinajstić information content (AvgIpc) is 1.89. The first kappa shape index (κ1) is 9.87. The Bertz CT molecular complexity index is 160. The fraction of sp³-hybridized carbons (Fsp3) is 1.00. The first-order chi connectivity index (χ1) is 4.62. The van der Waals surface area contributed by atoms with Crippen molar-refractivity contribution in [1.29, 1.82) is 0 Å². The highest BCUT2D eigenvalue weighted by atomic mass is 32.2. The predicted octanol–water partition coefficient (Wildman–Crippen LogP) is 0.996. The second kappa shape index (κ2) is 4.65. The maximum absolute atomic E-state index is 10.4. The Morgan fingerprint density at radius 3 is 2.40 bits per heavy atom. The van der Waals surface area contributed by atoms with Gasteiger partial charge in [0.2, 0.25) is 0 Å². The lowest BCUT2D eigenvalue weighted by Gasteiger charge is -1.96. The van der Waals surface area contributed by atoms with Crippen molar-refractivity contribution in [1.82, 2.24) is 0 Å². The van der Waals surface area contributed by atoms with E-state index in [1.165, 1.54) is 0 Å². The van der Waals surface area contributed by atoms with Gasteiger partial charge in [-0.15, -0.1) is 4.33 Å². The molecular weight excluding hydrogens is 156 g/mol. The number of unbranched alkanes of at least 4 members (excludes halogenated alkanes) is 2. The maximum Gasteiger partial charge on any atom is 0.293 e. The SMILES string of the molecule is CCCCCS(=O)(=O)OO. The van der Waals surface area contributed by atoms with E-state index in [9.17, 15) is 8.42 Å². The van der Waals surface area contributed by atoms with E-state index in [-0.39, 0.29) is 5.75 Å². The number of hydrogen-bond donors (Lipinski definition) is 1. The van der Waals surface area contributed by atoms with E-state index >= 15 is 0 Å². The van der Waals surface area contributed by atoms with Crippen LogP contribution in [0.1, 0.15) is 26.2 Å². The molecule has 0 aliphatic carbocycles. The predicted molar refractivity (Wildman–Crippen MR) is 37.0 cm³/mol. The van der Waals surface area contributed by atoms with Crippen molar-refractivity contribution in [2.45, 2.75) is 26.2 Å². The van der Waals surface area contributed by atoms with Crippen LogP contribution in [0.5, 0.6) is 0 Å². The zero-order valence-electron chi connectivity index (χ0n) is 5.91. The van der Waals surface area contributed by atoms with Crippen molar-refractivity contribution in [2.75, 3.05) is 5.75 Å². The fourth-order valence-corrected chi connectivity index (χ4v) is 1.20. The minimum absolute atomic E-state index is 0.0999. The molecule has 0 aromatic heterocycles. The number of hydrogen-bond acceptors (Lipinski definition) is 4. The Kier molecular flexibility index (Phi) is 4.59. The molecule has 0 heterocycles. The summed E-state index contributed by atoms with van der Waals surface area (Å²) < 4.78 is 24.1. The Morgan fingerprint density at radius 2 is 2.00 bits per heavy atom. The van der Waals surface area contributed by atoms with Crippen molar-refractivity contribution in [3.05, 3.63) is 0 Å². The van der Waals surface area contributed by atoms with Crippen molar-refractivity contribution in [3.8, 4) is 0 Å². The van der Waals surface area contributed by atoms with Crippen LogP contribution >= 0.6 is 0 Å². The number of rotatable bonds is 5. The van der Waals surface area contributed by atoms with Crippen LogP contribution in [-0.4, -0.2) is 19.4 Å². The highest BCUT2D eigenvalue weighted by Gasteiger charge is 2.08. The van der Waals surface area contributed by atoms with Gasteiger partial charge in [0, 0.05) is 0 Å². The topological polar surface area (TPSA) is 63.6 Å². The van der Waals surface area contributed by atoms with Gasteiger partial charge in [0.1, 0.15) is 0 Å². The summed E-state index contributed by atoms with van der Waals surface area (Å²) in [5, 5.41) is 7.81. The third kappa shape index (κ3) is 4.72. The molecule has 4 nitrogen and oxygen atoms in total. The first-order valence-corrected chi connectivity index (χ1v) is 4.76. The summed E-state index contributed by atoms with van der Waals surface area (Å²) in [5.74, 6) is -0.0999. The second-order valence-corrected chi connectivity index (χ2v) is 3.72. The summed E-state index contributed by atoms with van der Waals surface area (Å²) in [6.07, 6.45) is 2.32. The molecule has 0 aliphatic rings. The third-order valence-corrected chi connectivity index (χ3v) is 2.13. The van der Waals surface area contributed by atoms with Crippen LogP contribution < -0.4 is 0 Å². The van der Waals surface area contributed by atoms with E-state index in [0.29, 0.717) is 6.42 Å². The van der Waals surface area contributed by atoms with Crippen molar-refractivity contribution < 1.29 is 18.0 Å². The monoisotopic (exact) mass is 168 g/mol. The Morgan fingerprint density at radius 1 is 1.40 bits per heavy atom. The smallest absolute Gasteiger partial charge is 0.235 e. The molecule has 10 heavy (non-hydrogen) atoms. The van der Waals surface area contributed by atoms with Crippen molar-refractivity contribution >= 4 is 10.1 Å². The van der Waals surface area contributed by atoms with Crippen LogP contribution in [-0.2, 0) is 14.5 Å². The quantitative estimate of drug-likeness (QED) is 0.378. The standard InChI is InChI=1S/C5H12O4S/c1-2-3-4-5-10(7,8)9-6/h6H,2-5H2,1H3. The molecule has 5 heteroatoms. The lowest BCUT2D eigenvalue weighted by Crippen LogP contribution is -2.07. The van der Waals surface area contributed by atoms with Gasteiger partial charge in [0.15, 0.2) is 0 Å². The molecule has 1 N–H and O–H groups in total. The molecule has 0 aliphatic heterocycles. The van der Waals surface area contributed by atoms with E-state index in [0.717, 1.165) is 12.8 Å². The molecular formula is C5H12O4S. The molecule has 0 radical (unpaired) electrons. The first-order valence-electron chi connectivity index (χ1n) is 3.18. The van der Waals surface area contributed by atoms with Gasteiger partial charge in [0.05, 0.1) is 5.75 Å². The molecule has 0 saturated carbocycles. The van der Waals surface area contributed by atoms with Gasteiger partial charge < -0.3 is 0 Å². The zero-order chi connectivity index (χ0) is 8.04. The van der Waals surface area contributed by atoms with Crippen LogP contribution in [0.15, 0.2) is 0 Å². The largest absolute Gasteiger partial charge is 0.293 e. The summed E-state index contributed by atoms with van der Waals surface area (Å²) >= 11 is 0. The van der Waals surface area contributed by atoms with Crippen LogP contribution in [0.4, 0.5) is 0 Å². The second-order valence-electron chi connectivity index (χ2n) is 2.04.